The summed E-state index contributed by atoms with van der Waals surface area (Å²) in [6, 6.07) is 16.4. The van der Waals surface area contributed by atoms with E-state index in [-0.39, 0.29) is 11.4 Å². The first-order valence-electron chi connectivity index (χ1n) is 9.53. The maximum absolute atomic E-state index is 12.8. The van der Waals surface area contributed by atoms with E-state index in [0.717, 1.165) is 17.2 Å². The Morgan fingerprint density at radius 1 is 1.06 bits per heavy atom. The first-order valence-corrected chi connectivity index (χ1v) is 9.53. The molecule has 168 valence electrons. The zero-order valence-corrected chi connectivity index (χ0v) is 17.1. The van der Waals surface area contributed by atoms with E-state index in [0.29, 0.717) is 17.7 Å². The predicted octanol–water partition coefficient (Wildman–Crippen LogP) is 5.56. The predicted molar refractivity (Wildman–Crippen MR) is 113 cm³/mol. The van der Waals surface area contributed by atoms with Crippen LogP contribution in [0.3, 0.4) is 0 Å². The number of hydrogen-bond acceptors (Lipinski definition) is 6. The van der Waals surface area contributed by atoms with Gasteiger partial charge in [0.1, 0.15) is 17.5 Å². The fourth-order valence-corrected chi connectivity index (χ4v) is 2.93. The van der Waals surface area contributed by atoms with E-state index in [1.807, 2.05) is 6.07 Å². The number of halogens is 3. The summed E-state index contributed by atoms with van der Waals surface area (Å²) in [5, 5.41) is 22.6. The SMILES string of the molecule is C[C@H](Nc1ccc(C(F)(F)F)cc1[N+](=O)[O-])C(=O)Oc1ccc(-c2ccc(C#N)cc2)cc1. The number of nitriles is 1. The molecule has 1 atom stereocenters. The third-order valence-corrected chi connectivity index (χ3v) is 4.67. The Labute approximate surface area is 186 Å². The molecule has 10 heteroatoms. The number of nitrogens with zero attached hydrogens (tertiary/aromatic N) is 2. The number of hydrogen-bond donors (Lipinski definition) is 1. The maximum atomic E-state index is 12.8. The molecule has 0 radical (unpaired) electrons. The number of benzene rings is 3. The summed E-state index contributed by atoms with van der Waals surface area (Å²) in [6.07, 6.45) is -4.74. The van der Waals surface area contributed by atoms with Crippen molar-refractivity contribution in [3.05, 3.63) is 88.0 Å². The number of rotatable bonds is 6. The fraction of sp³-hybridized carbons (Fsp3) is 0.130. The topological polar surface area (TPSA) is 105 Å². The molecule has 7 nitrogen and oxygen atoms in total. The summed E-state index contributed by atoms with van der Waals surface area (Å²) >= 11 is 0. The molecule has 0 spiro atoms. The van der Waals surface area contributed by atoms with Crippen molar-refractivity contribution in [3.8, 4) is 22.9 Å². The molecule has 3 aromatic carbocycles. The Hall–Kier alpha value is -4.39. The first kappa shape index (κ1) is 23.3. The number of carbonyl (C=O) groups is 1. The molecule has 33 heavy (non-hydrogen) atoms. The molecular formula is C23H16F3N3O4. The van der Waals surface area contributed by atoms with Gasteiger partial charge in [0.2, 0.25) is 0 Å². The second kappa shape index (κ2) is 9.40. The van der Waals surface area contributed by atoms with Crippen molar-refractivity contribution in [3.63, 3.8) is 0 Å². The molecule has 0 aliphatic carbocycles. The minimum Gasteiger partial charge on any atom is -0.425 e. The summed E-state index contributed by atoms with van der Waals surface area (Å²) in [5.74, 6) is -0.566. The Kier molecular flexibility index (Phi) is 6.63. The van der Waals surface area contributed by atoms with Crippen molar-refractivity contribution in [1.29, 1.82) is 5.26 Å². The van der Waals surface area contributed by atoms with E-state index in [1.165, 1.54) is 6.92 Å². The molecule has 0 aliphatic rings. The van der Waals surface area contributed by atoms with Crippen LogP contribution in [0.25, 0.3) is 11.1 Å². The van der Waals surface area contributed by atoms with Gasteiger partial charge in [0.25, 0.3) is 5.69 Å². The van der Waals surface area contributed by atoms with Crippen LogP contribution < -0.4 is 10.1 Å². The van der Waals surface area contributed by atoms with Gasteiger partial charge in [-0.2, -0.15) is 18.4 Å². The van der Waals surface area contributed by atoms with Crippen LogP contribution in [0.2, 0.25) is 0 Å². The van der Waals surface area contributed by atoms with Gasteiger partial charge in [-0.25, -0.2) is 4.79 Å². The molecule has 0 saturated carbocycles. The lowest BCUT2D eigenvalue weighted by molar-refractivity contribution is -0.384. The van der Waals surface area contributed by atoms with Gasteiger partial charge in [-0.1, -0.05) is 24.3 Å². The quantitative estimate of drug-likeness (QED) is 0.226. The number of esters is 1. The van der Waals surface area contributed by atoms with Crippen LogP contribution in [0.5, 0.6) is 5.75 Å². The highest BCUT2D eigenvalue weighted by atomic mass is 19.4. The van der Waals surface area contributed by atoms with Crippen LogP contribution in [0, 0.1) is 21.4 Å². The lowest BCUT2D eigenvalue weighted by atomic mass is 10.0. The minimum atomic E-state index is -4.74. The number of ether oxygens (including phenoxy) is 1. The van der Waals surface area contributed by atoms with Crippen LogP contribution in [0.4, 0.5) is 24.5 Å². The van der Waals surface area contributed by atoms with Crippen molar-refractivity contribution in [2.75, 3.05) is 5.32 Å². The molecule has 0 aromatic heterocycles. The summed E-state index contributed by atoms with van der Waals surface area (Å²) in [6.45, 7) is 1.37. The summed E-state index contributed by atoms with van der Waals surface area (Å²) in [4.78, 5) is 22.6. The van der Waals surface area contributed by atoms with Crippen molar-refractivity contribution in [2.45, 2.75) is 19.1 Å². The second-order valence-electron chi connectivity index (χ2n) is 6.99. The summed E-state index contributed by atoms with van der Waals surface area (Å²) < 4.78 is 43.8. The van der Waals surface area contributed by atoms with E-state index >= 15 is 0 Å². The highest BCUT2D eigenvalue weighted by Crippen LogP contribution is 2.35. The molecule has 1 N–H and O–H groups in total. The zero-order chi connectivity index (χ0) is 24.2. The summed E-state index contributed by atoms with van der Waals surface area (Å²) in [5.41, 5.74) is -0.0105. The van der Waals surface area contributed by atoms with Crippen LogP contribution in [-0.4, -0.2) is 16.9 Å². The highest BCUT2D eigenvalue weighted by molar-refractivity contribution is 5.82. The van der Waals surface area contributed by atoms with Gasteiger partial charge in [0.15, 0.2) is 0 Å². The molecule has 0 aliphatic heterocycles. The average molecular weight is 455 g/mol. The highest BCUT2D eigenvalue weighted by Gasteiger charge is 2.33. The Morgan fingerprint density at radius 3 is 2.15 bits per heavy atom. The van der Waals surface area contributed by atoms with Crippen molar-refractivity contribution < 1.29 is 27.6 Å². The van der Waals surface area contributed by atoms with Gasteiger partial charge < -0.3 is 10.1 Å². The van der Waals surface area contributed by atoms with Gasteiger partial charge in [0, 0.05) is 6.07 Å². The average Bonchev–Trinajstić information content (AvgIpc) is 2.79. The van der Waals surface area contributed by atoms with Crippen LogP contribution >= 0.6 is 0 Å². The maximum Gasteiger partial charge on any atom is 0.416 e. The smallest absolute Gasteiger partial charge is 0.416 e. The number of anilines is 1. The van der Waals surface area contributed by atoms with E-state index in [2.05, 4.69) is 5.32 Å². The van der Waals surface area contributed by atoms with Crippen LogP contribution in [-0.2, 0) is 11.0 Å². The lowest BCUT2D eigenvalue weighted by Crippen LogP contribution is -2.30. The van der Waals surface area contributed by atoms with Crippen LogP contribution in [0.15, 0.2) is 66.7 Å². The Balaban J connectivity index is 1.69. The van der Waals surface area contributed by atoms with Gasteiger partial charge in [-0.15, -0.1) is 0 Å². The molecule has 0 saturated heterocycles. The number of nitrogens with one attached hydrogen (secondary N) is 1. The standard InChI is InChI=1S/C23H16F3N3O4/c1-14(28-20-11-8-18(23(24,25)26)12-21(20)29(31)32)22(30)33-19-9-6-17(7-10-19)16-4-2-15(13-27)3-5-16/h2-12,14,28H,1H3/t14-/m0/s1. The van der Waals surface area contributed by atoms with E-state index < -0.39 is 34.4 Å². The van der Waals surface area contributed by atoms with Gasteiger partial charge in [-0.05, 0) is 54.4 Å². The first-order chi connectivity index (χ1) is 15.6. The Bertz CT molecular complexity index is 1220. The third kappa shape index (κ3) is 5.65. The normalized spacial score (nSPS) is 11.8. The molecule has 0 amide bonds. The Morgan fingerprint density at radius 2 is 1.64 bits per heavy atom. The van der Waals surface area contributed by atoms with Crippen molar-refractivity contribution in [1.82, 2.24) is 0 Å². The van der Waals surface area contributed by atoms with Gasteiger partial charge in [-0.3, -0.25) is 10.1 Å². The monoisotopic (exact) mass is 455 g/mol. The fourth-order valence-electron chi connectivity index (χ4n) is 2.93. The van der Waals surface area contributed by atoms with E-state index in [1.54, 1.807) is 48.5 Å². The minimum absolute atomic E-state index is 0.216. The van der Waals surface area contributed by atoms with Gasteiger partial charge >= 0.3 is 12.1 Å². The van der Waals surface area contributed by atoms with Gasteiger partial charge in [0.05, 0.1) is 22.1 Å². The molecule has 0 fully saturated rings. The summed E-state index contributed by atoms with van der Waals surface area (Å²) in [7, 11) is 0. The third-order valence-electron chi connectivity index (χ3n) is 4.67. The molecule has 3 rings (SSSR count). The number of nitro benzene ring substituents is 1. The van der Waals surface area contributed by atoms with E-state index in [4.69, 9.17) is 10.00 Å². The van der Waals surface area contributed by atoms with Crippen LogP contribution in [0.1, 0.15) is 18.1 Å². The number of carbonyl (C=O) groups excluding carboxylic acids is 1. The molecule has 0 bridgehead atoms. The molecule has 0 unspecified atom stereocenters. The molecular weight excluding hydrogens is 439 g/mol. The molecule has 0 heterocycles. The lowest BCUT2D eigenvalue weighted by Gasteiger charge is -2.15. The number of nitro groups is 1. The zero-order valence-electron chi connectivity index (χ0n) is 17.1. The van der Waals surface area contributed by atoms with Crippen molar-refractivity contribution in [2.24, 2.45) is 0 Å². The van der Waals surface area contributed by atoms with E-state index in [9.17, 15) is 28.1 Å². The largest absolute Gasteiger partial charge is 0.425 e. The number of alkyl halides is 3. The molecule has 3 aromatic rings. The van der Waals surface area contributed by atoms with Crippen molar-refractivity contribution >= 4 is 17.3 Å². The second-order valence-corrected chi connectivity index (χ2v) is 6.99.